The first-order valence-corrected chi connectivity index (χ1v) is 9.92. The molecule has 6 heteroatoms. The predicted molar refractivity (Wildman–Crippen MR) is 101 cm³/mol. The maximum atomic E-state index is 13.5. The van der Waals surface area contributed by atoms with E-state index in [9.17, 15) is 14.7 Å². The van der Waals surface area contributed by atoms with Crippen molar-refractivity contribution in [3.8, 4) is 0 Å². The smallest absolute Gasteiger partial charge is 0.290 e. The third-order valence-corrected chi connectivity index (χ3v) is 6.27. The minimum Gasteiger partial charge on any atom is -0.483 e. The van der Waals surface area contributed by atoms with Gasteiger partial charge in [-0.2, -0.15) is 0 Å². The van der Waals surface area contributed by atoms with Gasteiger partial charge in [0.15, 0.2) is 11.5 Å². The standard InChI is InChI=1S/C21H24ClNO4/c1-11-8-12(2)19-15(9-11)18(25)16-17(13-4-3-5-14(22)10-13)23(6-7-24)21(26)20(16)27-19/h3-5,10-12,15,17,19,24H,6-9H2,1-2H3. The van der Waals surface area contributed by atoms with Crippen LogP contribution in [0, 0.1) is 17.8 Å². The van der Waals surface area contributed by atoms with Gasteiger partial charge in [0.25, 0.3) is 5.91 Å². The molecule has 1 saturated carbocycles. The second-order valence-electron chi connectivity index (χ2n) is 8.03. The lowest BCUT2D eigenvalue weighted by Crippen LogP contribution is -2.45. The second kappa shape index (κ2) is 6.95. The molecular formula is C21H24ClNO4. The van der Waals surface area contributed by atoms with Gasteiger partial charge in [0.05, 0.1) is 24.1 Å². The summed E-state index contributed by atoms with van der Waals surface area (Å²) in [6, 6.07) is 6.63. The highest BCUT2D eigenvalue weighted by Gasteiger charge is 2.53. The van der Waals surface area contributed by atoms with E-state index >= 15 is 0 Å². The van der Waals surface area contributed by atoms with Gasteiger partial charge in [0.1, 0.15) is 6.10 Å². The molecule has 5 unspecified atom stereocenters. The van der Waals surface area contributed by atoms with E-state index in [1.54, 1.807) is 18.2 Å². The first kappa shape index (κ1) is 18.5. The normalized spacial score (nSPS) is 33.0. The number of ether oxygens (including phenoxy) is 1. The van der Waals surface area contributed by atoms with E-state index in [1.807, 2.05) is 6.07 Å². The highest BCUT2D eigenvalue weighted by Crippen LogP contribution is 2.48. The molecule has 4 rings (SSSR count). The number of halogens is 1. The number of aliphatic hydroxyl groups excluding tert-OH is 1. The SMILES string of the molecule is CC1CC(C)C2OC3=C(C(=O)C2C1)C(c1cccc(Cl)c1)N(CCO)C3=O. The van der Waals surface area contributed by atoms with Gasteiger partial charge in [-0.3, -0.25) is 9.59 Å². The number of ketones is 1. The number of hydrogen-bond acceptors (Lipinski definition) is 4. The number of rotatable bonds is 3. The molecule has 0 aromatic heterocycles. The third-order valence-electron chi connectivity index (χ3n) is 6.03. The van der Waals surface area contributed by atoms with Crippen LogP contribution in [0.25, 0.3) is 0 Å². The Bertz CT molecular complexity index is 820. The lowest BCUT2D eigenvalue weighted by atomic mass is 9.70. The number of carbonyl (C=O) groups excluding carboxylic acids is 2. The number of nitrogens with zero attached hydrogens (tertiary/aromatic N) is 1. The molecule has 1 aromatic rings. The van der Waals surface area contributed by atoms with Gasteiger partial charge in [-0.1, -0.05) is 37.6 Å². The number of hydrogen-bond donors (Lipinski definition) is 1. The van der Waals surface area contributed by atoms with Crippen molar-refractivity contribution in [1.82, 2.24) is 4.90 Å². The van der Waals surface area contributed by atoms with Gasteiger partial charge in [0.2, 0.25) is 0 Å². The van der Waals surface area contributed by atoms with Gasteiger partial charge >= 0.3 is 0 Å². The Morgan fingerprint density at radius 3 is 2.74 bits per heavy atom. The van der Waals surface area contributed by atoms with Crippen LogP contribution in [0.3, 0.4) is 0 Å². The Morgan fingerprint density at radius 1 is 1.26 bits per heavy atom. The lowest BCUT2D eigenvalue weighted by molar-refractivity contribution is -0.139. The minimum absolute atomic E-state index is 0.0124. The number of carbonyl (C=O) groups is 2. The molecule has 27 heavy (non-hydrogen) atoms. The Hall–Kier alpha value is -1.85. The molecule has 3 aliphatic rings. The van der Waals surface area contributed by atoms with Crippen molar-refractivity contribution < 1.29 is 19.4 Å². The second-order valence-corrected chi connectivity index (χ2v) is 8.47. The Balaban J connectivity index is 1.80. The molecule has 0 saturated heterocycles. The highest BCUT2D eigenvalue weighted by atomic mass is 35.5. The molecule has 0 bridgehead atoms. The van der Waals surface area contributed by atoms with Crippen molar-refractivity contribution in [3.05, 3.63) is 46.2 Å². The van der Waals surface area contributed by atoms with Crippen molar-refractivity contribution in [2.75, 3.05) is 13.2 Å². The van der Waals surface area contributed by atoms with Gasteiger partial charge in [-0.15, -0.1) is 0 Å². The zero-order valence-corrected chi connectivity index (χ0v) is 16.3. The molecule has 2 aliphatic heterocycles. The van der Waals surface area contributed by atoms with Crippen molar-refractivity contribution in [1.29, 1.82) is 0 Å². The van der Waals surface area contributed by atoms with Gasteiger partial charge in [-0.05, 0) is 42.4 Å². The van der Waals surface area contributed by atoms with Crippen LogP contribution in [-0.4, -0.2) is 41.0 Å². The average molecular weight is 390 g/mol. The molecule has 0 radical (unpaired) electrons. The third kappa shape index (κ3) is 2.97. The quantitative estimate of drug-likeness (QED) is 0.862. The topological polar surface area (TPSA) is 66.8 Å². The van der Waals surface area contributed by atoms with Gasteiger partial charge in [0, 0.05) is 11.6 Å². The molecule has 1 fully saturated rings. The minimum atomic E-state index is -0.556. The summed E-state index contributed by atoms with van der Waals surface area (Å²) in [5, 5.41) is 10.0. The average Bonchev–Trinajstić information content (AvgIpc) is 2.89. The number of fused-ring (bicyclic) bond motifs is 1. The van der Waals surface area contributed by atoms with E-state index in [2.05, 4.69) is 13.8 Å². The van der Waals surface area contributed by atoms with E-state index in [0.29, 0.717) is 16.5 Å². The van der Waals surface area contributed by atoms with Crippen LogP contribution in [0.4, 0.5) is 0 Å². The Morgan fingerprint density at radius 2 is 2.04 bits per heavy atom. The largest absolute Gasteiger partial charge is 0.483 e. The van der Waals surface area contributed by atoms with Gasteiger partial charge < -0.3 is 14.7 Å². The highest BCUT2D eigenvalue weighted by molar-refractivity contribution is 6.30. The Kier molecular flexibility index (Phi) is 4.77. The van der Waals surface area contributed by atoms with Crippen LogP contribution in [-0.2, 0) is 14.3 Å². The van der Waals surface area contributed by atoms with Crippen LogP contribution in [0.15, 0.2) is 35.6 Å². The van der Waals surface area contributed by atoms with Gasteiger partial charge in [-0.25, -0.2) is 0 Å². The Labute approximate surface area is 163 Å². The van der Waals surface area contributed by atoms with Crippen LogP contribution in [0.5, 0.6) is 0 Å². The summed E-state index contributed by atoms with van der Waals surface area (Å²) < 4.78 is 6.17. The van der Waals surface area contributed by atoms with Crippen molar-refractivity contribution in [2.24, 2.45) is 17.8 Å². The summed E-state index contributed by atoms with van der Waals surface area (Å²) in [4.78, 5) is 28.0. The van der Waals surface area contributed by atoms with Crippen LogP contribution >= 0.6 is 11.6 Å². The number of aliphatic hydroxyl groups is 1. The van der Waals surface area contributed by atoms with Crippen LogP contribution in [0.1, 0.15) is 38.3 Å². The van der Waals surface area contributed by atoms with E-state index in [1.165, 1.54) is 4.90 Å². The number of benzene rings is 1. The molecule has 2 heterocycles. The summed E-state index contributed by atoms with van der Waals surface area (Å²) in [5.41, 5.74) is 1.19. The molecule has 1 amide bonds. The lowest BCUT2D eigenvalue weighted by Gasteiger charge is -2.41. The number of β-amino-alcohol motifs (C(OH)–C–C–N with tert-alkyl or cyclic N) is 1. The molecule has 1 aromatic carbocycles. The zero-order valence-electron chi connectivity index (χ0n) is 15.5. The summed E-state index contributed by atoms with van der Waals surface area (Å²) in [7, 11) is 0. The molecular weight excluding hydrogens is 366 g/mol. The summed E-state index contributed by atoms with van der Waals surface area (Å²) >= 11 is 6.16. The maximum absolute atomic E-state index is 13.5. The molecule has 5 atom stereocenters. The molecule has 5 nitrogen and oxygen atoms in total. The summed E-state index contributed by atoms with van der Waals surface area (Å²) in [6.45, 7) is 4.21. The molecule has 1 aliphatic carbocycles. The van der Waals surface area contributed by atoms with Crippen LogP contribution < -0.4 is 0 Å². The van der Waals surface area contributed by atoms with E-state index in [0.717, 1.165) is 18.4 Å². The van der Waals surface area contributed by atoms with E-state index in [4.69, 9.17) is 16.3 Å². The summed E-state index contributed by atoms with van der Waals surface area (Å²) in [5.74, 6) is 0.319. The fourth-order valence-electron chi connectivity index (χ4n) is 4.98. The number of Topliss-reactive ketones (excluding diaryl/α,β-unsaturated/α-hetero) is 1. The monoisotopic (exact) mass is 389 g/mol. The van der Waals surface area contributed by atoms with E-state index in [-0.39, 0.29) is 48.5 Å². The number of amides is 1. The fraction of sp³-hybridized carbons (Fsp3) is 0.524. The zero-order chi connectivity index (χ0) is 19.3. The van der Waals surface area contributed by atoms with E-state index < -0.39 is 6.04 Å². The van der Waals surface area contributed by atoms with Crippen molar-refractivity contribution in [2.45, 2.75) is 38.8 Å². The molecule has 144 valence electrons. The fourth-order valence-corrected chi connectivity index (χ4v) is 5.18. The van der Waals surface area contributed by atoms with Crippen molar-refractivity contribution in [3.63, 3.8) is 0 Å². The van der Waals surface area contributed by atoms with Crippen LogP contribution in [0.2, 0.25) is 5.02 Å². The first-order chi connectivity index (χ1) is 12.9. The predicted octanol–water partition coefficient (Wildman–Crippen LogP) is 3.12. The molecule has 0 spiro atoms. The summed E-state index contributed by atoms with van der Waals surface area (Å²) in [6.07, 6.45) is 1.52. The van der Waals surface area contributed by atoms with Crippen molar-refractivity contribution >= 4 is 23.3 Å². The molecule has 1 N–H and O–H groups in total. The first-order valence-electron chi connectivity index (χ1n) is 9.54. The maximum Gasteiger partial charge on any atom is 0.290 e.